The van der Waals surface area contributed by atoms with Gasteiger partial charge < -0.3 is 0 Å². The van der Waals surface area contributed by atoms with Gasteiger partial charge in [0, 0.05) is 0 Å². The van der Waals surface area contributed by atoms with E-state index in [9.17, 15) is 0 Å². The molecule has 0 aliphatic rings. The molecule has 0 aromatic heterocycles. The summed E-state index contributed by atoms with van der Waals surface area (Å²) in [7, 11) is -3.16. The summed E-state index contributed by atoms with van der Waals surface area (Å²) >= 11 is 0. The second-order valence-corrected chi connectivity index (χ2v) is 7.07. The summed E-state index contributed by atoms with van der Waals surface area (Å²) in [6.07, 6.45) is 0. The Bertz CT molecular complexity index is 496. The van der Waals surface area contributed by atoms with Crippen LogP contribution < -0.4 is 0 Å². The van der Waals surface area contributed by atoms with Crippen molar-refractivity contribution in [2.75, 3.05) is 13.2 Å². The van der Waals surface area contributed by atoms with Crippen LogP contribution in [0.5, 0.6) is 0 Å². The Balaban J connectivity index is 2.03. The van der Waals surface area contributed by atoms with Crippen molar-refractivity contribution in [3.05, 3.63) is 71.8 Å². The second-order valence-electron chi connectivity index (χ2n) is 4.91. The third-order valence-corrected chi connectivity index (χ3v) is 5.44. The van der Waals surface area contributed by atoms with Crippen LogP contribution in [0.3, 0.4) is 0 Å². The van der Waals surface area contributed by atoms with Gasteiger partial charge in [0.2, 0.25) is 0 Å². The van der Waals surface area contributed by atoms with E-state index in [4.69, 9.17) is 18.1 Å². The average molecular weight is 336 g/mol. The summed E-state index contributed by atoms with van der Waals surface area (Å²) in [4.78, 5) is 0. The maximum atomic E-state index is 5.99. The molecule has 0 radical (unpaired) electrons. The Hall–Kier alpha value is -1.29. The standard InChI is InChI=1S/C18H25O4P/c1-3-19-23(20-4-2,21-15-17-11-7-5-8-12-17)22-16-18-13-9-6-10-14-18/h5-14,23H,3-4,15-16H2,1-2H3. The fourth-order valence-electron chi connectivity index (χ4n) is 2.10. The molecule has 0 bridgehead atoms. The molecular formula is C18H25O4P. The van der Waals surface area contributed by atoms with Crippen LogP contribution in [0.2, 0.25) is 0 Å². The zero-order valence-corrected chi connectivity index (χ0v) is 14.7. The molecule has 0 saturated carbocycles. The van der Waals surface area contributed by atoms with Gasteiger partial charge in [-0.1, -0.05) is 0 Å². The molecule has 2 rings (SSSR count). The third-order valence-electron chi connectivity index (χ3n) is 3.16. The van der Waals surface area contributed by atoms with Crippen LogP contribution in [-0.4, -0.2) is 13.2 Å². The molecule has 4 nitrogen and oxygen atoms in total. The molecule has 0 saturated heterocycles. The summed E-state index contributed by atoms with van der Waals surface area (Å²) in [6, 6.07) is 19.9. The van der Waals surface area contributed by atoms with E-state index in [2.05, 4.69) is 0 Å². The van der Waals surface area contributed by atoms with Crippen LogP contribution in [0.4, 0.5) is 0 Å². The Morgan fingerprint density at radius 3 is 1.35 bits per heavy atom. The molecule has 0 unspecified atom stereocenters. The monoisotopic (exact) mass is 336 g/mol. The van der Waals surface area contributed by atoms with Crippen molar-refractivity contribution in [3.63, 3.8) is 0 Å². The molecule has 2 aromatic rings. The van der Waals surface area contributed by atoms with Gasteiger partial charge in [-0.2, -0.15) is 0 Å². The second kappa shape index (κ2) is 9.76. The molecule has 0 heterocycles. The van der Waals surface area contributed by atoms with Crippen molar-refractivity contribution in [3.8, 4) is 0 Å². The van der Waals surface area contributed by atoms with E-state index in [1.807, 2.05) is 74.5 Å². The molecule has 0 spiro atoms. The van der Waals surface area contributed by atoms with E-state index in [0.717, 1.165) is 11.1 Å². The molecule has 23 heavy (non-hydrogen) atoms. The third kappa shape index (κ3) is 6.02. The van der Waals surface area contributed by atoms with Gasteiger partial charge >= 0.3 is 138 Å². The Morgan fingerprint density at radius 2 is 1.00 bits per heavy atom. The van der Waals surface area contributed by atoms with Gasteiger partial charge in [-0.25, -0.2) is 0 Å². The maximum absolute atomic E-state index is 5.99. The first-order valence-corrected chi connectivity index (χ1v) is 9.55. The molecule has 0 amide bonds. The summed E-state index contributed by atoms with van der Waals surface area (Å²) in [5, 5.41) is 0. The van der Waals surface area contributed by atoms with Crippen LogP contribution in [0.25, 0.3) is 0 Å². The summed E-state index contributed by atoms with van der Waals surface area (Å²) in [6.45, 7) is 5.60. The van der Waals surface area contributed by atoms with E-state index in [1.54, 1.807) is 0 Å². The molecule has 126 valence electrons. The quantitative estimate of drug-likeness (QED) is 0.578. The molecule has 0 fully saturated rings. The van der Waals surface area contributed by atoms with Crippen molar-refractivity contribution in [2.24, 2.45) is 0 Å². The number of benzene rings is 2. The Kier molecular flexibility index (Phi) is 7.66. The minimum atomic E-state index is -3.16. The van der Waals surface area contributed by atoms with Gasteiger partial charge in [-0.3, -0.25) is 0 Å². The van der Waals surface area contributed by atoms with Gasteiger partial charge in [0.1, 0.15) is 0 Å². The van der Waals surface area contributed by atoms with Crippen LogP contribution in [0.15, 0.2) is 60.7 Å². The molecule has 5 heteroatoms. The van der Waals surface area contributed by atoms with Crippen LogP contribution in [-0.2, 0) is 31.3 Å². The summed E-state index contributed by atoms with van der Waals surface area (Å²) in [5.41, 5.74) is 2.12. The van der Waals surface area contributed by atoms with Crippen LogP contribution in [0.1, 0.15) is 25.0 Å². The summed E-state index contributed by atoms with van der Waals surface area (Å²) < 4.78 is 23.6. The zero-order valence-electron chi connectivity index (χ0n) is 13.7. The van der Waals surface area contributed by atoms with Gasteiger partial charge in [0.05, 0.1) is 0 Å². The van der Waals surface area contributed by atoms with Crippen molar-refractivity contribution >= 4 is 8.17 Å². The van der Waals surface area contributed by atoms with E-state index in [-0.39, 0.29) is 0 Å². The fourth-order valence-corrected chi connectivity index (χ4v) is 3.99. The molecule has 2 aromatic carbocycles. The first kappa shape index (κ1) is 18.1. The molecule has 0 N–H and O–H groups in total. The average Bonchev–Trinajstić information content (AvgIpc) is 2.60. The minimum absolute atomic E-state index is 0.405. The van der Waals surface area contributed by atoms with Crippen LogP contribution in [0, 0.1) is 0 Å². The molecule has 0 aliphatic heterocycles. The van der Waals surface area contributed by atoms with Crippen molar-refractivity contribution in [2.45, 2.75) is 27.1 Å². The molecule has 0 atom stereocenters. The van der Waals surface area contributed by atoms with Crippen molar-refractivity contribution in [1.29, 1.82) is 0 Å². The van der Waals surface area contributed by atoms with E-state index in [1.165, 1.54) is 0 Å². The zero-order chi connectivity index (χ0) is 16.4. The Labute approximate surface area is 139 Å². The van der Waals surface area contributed by atoms with E-state index < -0.39 is 8.17 Å². The fraction of sp³-hybridized carbons (Fsp3) is 0.333. The van der Waals surface area contributed by atoms with E-state index >= 15 is 0 Å². The molecule has 0 aliphatic carbocycles. The van der Waals surface area contributed by atoms with Crippen molar-refractivity contribution in [1.82, 2.24) is 0 Å². The van der Waals surface area contributed by atoms with Crippen LogP contribution >= 0.6 is 8.17 Å². The number of rotatable bonds is 10. The predicted octanol–water partition coefficient (Wildman–Crippen LogP) is 4.90. The summed E-state index contributed by atoms with van der Waals surface area (Å²) in [5.74, 6) is 0. The predicted molar refractivity (Wildman–Crippen MR) is 94.0 cm³/mol. The topological polar surface area (TPSA) is 36.9 Å². The van der Waals surface area contributed by atoms with Gasteiger partial charge in [-0.15, -0.1) is 0 Å². The van der Waals surface area contributed by atoms with Gasteiger partial charge in [0.15, 0.2) is 0 Å². The van der Waals surface area contributed by atoms with Gasteiger partial charge in [0.25, 0.3) is 0 Å². The SMILES string of the molecule is CCO[PH](OCC)(OCc1ccccc1)OCc1ccccc1. The van der Waals surface area contributed by atoms with Crippen molar-refractivity contribution < 1.29 is 18.1 Å². The first-order chi connectivity index (χ1) is 11.3. The Morgan fingerprint density at radius 1 is 0.609 bits per heavy atom. The number of hydrogen-bond acceptors (Lipinski definition) is 4. The van der Waals surface area contributed by atoms with Gasteiger partial charge in [-0.05, 0) is 0 Å². The first-order valence-electron chi connectivity index (χ1n) is 7.91. The molecular weight excluding hydrogens is 311 g/mol. The normalized spacial score (nSPS) is 12.3. The van der Waals surface area contributed by atoms with E-state index in [0.29, 0.717) is 26.4 Å². The number of hydrogen-bond donors (Lipinski definition) is 0.